The molecule has 0 saturated carbocycles. The van der Waals surface area contributed by atoms with Gasteiger partial charge in [0, 0.05) is 24.6 Å². The molecule has 4 nitrogen and oxygen atoms in total. The van der Waals surface area contributed by atoms with Crippen molar-refractivity contribution in [2.24, 2.45) is 0 Å². The number of amides is 1. The third-order valence-electron chi connectivity index (χ3n) is 6.70. The Morgan fingerprint density at radius 3 is 2.65 bits per heavy atom. The molecule has 1 amide bonds. The molecule has 4 rings (SSSR count). The summed E-state index contributed by atoms with van der Waals surface area (Å²) in [7, 11) is 1.71. The van der Waals surface area contributed by atoms with E-state index < -0.39 is 11.6 Å². The summed E-state index contributed by atoms with van der Waals surface area (Å²) in [6.07, 6.45) is 3.40. The second-order valence-electron chi connectivity index (χ2n) is 8.37. The van der Waals surface area contributed by atoms with Crippen molar-refractivity contribution < 1.29 is 18.3 Å². The van der Waals surface area contributed by atoms with Crippen molar-refractivity contribution in [1.82, 2.24) is 10.2 Å². The standard InChI is InChI=1S/C24H28F2N2O2S/c1-30-23-22(27-20(29)15-31-2)17-7-3-4-8-18(17)24(23)10-12-28(13-11-24)14-16-6-5-9-19(25)21(16)26/h3-9,22-23H,10-15H2,1-2H3,(H,27,29)/t22-,23+/m0/s1. The number of benzene rings is 2. The van der Waals surface area contributed by atoms with E-state index >= 15 is 0 Å². The highest BCUT2D eigenvalue weighted by atomic mass is 32.2. The zero-order valence-corrected chi connectivity index (χ0v) is 18.7. The minimum Gasteiger partial charge on any atom is -0.378 e. The number of ether oxygens (including phenoxy) is 1. The Morgan fingerprint density at radius 1 is 1.19 bits per heavy atom. The molecule has 1 saturated heterocycles. The predicted octanol–water partition coefficient (Wildman–Crippen LogP) is 4.05. The minimum atomic E-state index is -0.807. The Kier molecular flexibility index (Phi) is 6.65. The van der Waals surface area contributed by atoms with Crippen LogP contribution in [0.25, 0.3) is 0 Å². The van der Waals surface area contributed by atoms with Gasteiger partial charge in [0.25, 0.3) is 0 Å². The summed E-state index contributed by atoms with van der Waals surface area (Å²) in [5.74, 6) is -1.15. The highest BCUT2D eigenvalue weighted by Gasteiger charge is 2.53. The summed E-state index contributed by atoms with van der Waals surface area (Å²) in [6, 6.07) is 12.4. The van der Waals surface area contributed by atoms with Crippen molar-refractivity contribution in [2.45, 2.75) is 36.9 Å². The van der Waals surface area contributed by atoms with Crippen LogP contribution < -0.4 is 5.32 Å². The van der Waals surface area contributed by atoms with E-state index in [1.165, 1.54) is 17.3 Å². The van der Waals surface area contributed by atoms with Gasteiger partial charge in [0.05, 0.1) is 17.9 Å². The molecule has 1 aliphatic carbocycles. The number of halogens is 2. The maximum atomic E-state index is 14.1. The predicted molar refractivity (Wildman–Crippen MR) is 119 cm³/mol. The molecule has 1 aliphatic heterocycles. The number of rotatable bonds is 6. The monoisotopic (exact) mass is 446 g/mol. The Morgan fingerprint density at radius 2 is 1.94 bits per heavy atom. The smallest absolute Gasteiger partial charge is 0.230 e. The van der Waals surface area contributed by atoms with E-state index in [1.807, 2.05) is 18.4 Å². The molecule has 1 N–H and O–H groups in total. The molecule has 1 fully saturated rings. The average Bonchev–Trinajstić information content (AvgIpc) is 3.02. The van der Waals surface area contributed by atoms with E-state index in [2.05, 4.69) is 22.3 Å². The first-order valence-electron chi connectivity index (χ1n) is 10.6. The van der Waals surface area contributed by atoms with E-state index in [4.69, 9.17) is 4.74 Å². The fourth-order valence-electron chi connectivity index (χ4n) is 5.29. The number of hydrogen-bond donors (Lipinski definition) is 1. The largest absolute Gasteiger partial charge is 0.378 e. The highest BCUT2D eigenvalue weighted by molar-refractivity contribution is 7.99. The van der Waals surface area contributed by atoms with Crippen molar-refractivity contribution in [3.8, 4) is 0 Å². The lowest BCUT2D eigenvalue weighted by atomic mass is 9.72. The number of thioether (sulfide) groups is 1. The summed E-state index contributed by atoms with van der Waals surface area (Å²) in [5, 5.41) is 3.18. The molecule has 1 spiro atoms. The maximum absolute atomic E-state index is 14.1. The van der Waals surface area contributed by atoms with E-state index in [1.54, 1.807) is 19.2 Å². The number of methoxy groups -OCH3 is 1. The molecular formula is C24H28F2N2O2S. The molecule has 1 heterocycles. The Labute approximate surface area is 186 Å². The maximum Gasteiger partial charge on any atom is 0.230 e. The number of carbonyl (C=O) groups is 1. The van der Waals surface area contributed by atoms with Gasteiger partial charge in [-0.2, -0.15) is 11.8 Å². The Bertz CT molecular complexity index is 947. The summed E-state index contributed by atoms with van der Waals surface area (Å²) in [6.45, 7) is 1.87. The minimum absolute atomic E-state index is 0.00502. The van der Waals surface area contributed by atoms with Gasteiger partial charge in [0.15, 0.2) is 11.6 Å². The van der Waals surface area contributed by atoms with Gasteiger partial charge in [-0.15, -0.1) is 0 Å². The number of likely N-dealkylation sites (tertiary alicyclic amines) is 1. The molecule has 31 heavy (non-hydrogen) atoms. The summed E-state index contributed by atoms with van der Waals surface area (Å²) < 4.78 is 33.7. The van der Waals surface area contributed by atoms with Crippen molar-refractivity contribution in [3.63, 3.8) is 0 Å². The summed E-state index contributed by atoms with van der Waals surface area (Å²) in [5.41, 5.74) is 2.52. The summed E-state index contributed by atoms with van der Waals surface area (Å²) >= 11 is 1.50. The third-order valence-corrected chi connectivity index (χ3v) is 7.25. The fraction of sp³-hybridized carbons (Fsp3) is 0.458. The SMILES string of the molecule is CO[C@@H]1[C@@H](NC(=O)CSC)c2ccccc2C12CCN(Cc1cccc(F)c1F)CC2. The highest BCUT2D eigenvalue weighted by Crippen LogP contribution is 2.52. The number of nitrogens with zero attached hydrogens (tertiary/aromatic N) is 1. The van der Waals surface area contributed by atoms with Gasteiger partial charge in [-0.1, -0.05) is 36.4 Å². The van der Waals surface area contributed by atoms with Gasteiger partial charge in [0.1, 0.15) is 0 Å². The van der Waals surface area contributed by atoms with Gasteiger partial charge in [0.2, 0.25) is 5.91 Å². The topological polar surface area (TPSA) is 41.6 Å². The molecule has 2 aromatic rings. The van der Waals surface area contributed by atoms with Crippen LogP contribution in [0.2, 0.25) is 0 Å². The lowest BCUT2D eigenvalue weighted by Gasteiger charge is -2.44. The Hall–Kier alpha value is -1.96. The molecule has 0 aromatic heterocycles. The molecule has 0 unspecified atom stereocenters. The molecule has 0 bridgehead atoms. The van der Waals surface area contributed by atoms with Gasteiger partial charge >= 0.3 is 0 Å². The number of hydrogen-bond acceptors (Lipinski definition) is 4. The first-order valence-corrected chi connectivity index (χ1v) is 12.0. The normalized spacial score (nSPS) is 22.5. The number of piperidine rings is 1. The Balaban J connectivity index is 1.55. The van der Waals surface area contributed by atoms with Crippen LogP contribution in [0.15, 0.2) is 42.5 Å². The molecule has 2 atom stereocenters. The van der Waals surface area contributed by atoms with Crippen LogP contribution in [0, 0.1) is 11.6 Å². The quantitative estimate of drug-likeness (QED) is 0.727. The van der Waals surface area contributed by atoms with Crippen LogP contribution in [0.3, 0.4) is 0 Å². The second kappa shape index (κ2) is 9.27. The number of nitrogens with one attached hydrogen (secondary N) is 1. The molecule has 2 aromatic carbocycles. The van der Waals surface area contributed by atoms with Crippen LogP contribution in [-0.2, 0) is 21.5 Å². The van der Waals surface area contributed by atoms with E-state index in [9.17, 15) is 13.6 Å². The van der Waals surface area contributed by atoms with Crippen molar-refractivity contribution in [2.75, 3.05) is 32.2 Å². The number of fused-ring (bicyclic) bond motifs is 2. The van der Waals surface area contributed by atoms with Crippen LogP contribution in [0.5, 0.6) is 0 Å². The van der Waals surface area contributed by atoms with Crippen molar-refractivity contribution >= 4 is 17.7 Å². The molecule has 7 heteroatoms. The second-order valence-corrected chi connectivity index (χ2v) is 9.23. The lowest BCUT2D eigenvalue weighted by Crippen LogP contribution is -2.50. The zero-order chi connectivity index (χ0) is 22.0. The van der Waals surface area contributed by atoms with Crippen molar-refractivity contribution in [1.29, 1.82) is 0 Å². The van der Waals surface area contributed by atoms with Crippen LogP contribution >= 0.6 is 11.8 Å². The molecule has 2 aliphatic rings. The van der Waals surface area contributed by atoms with Gasteiger partial charge < -0.3 is 10.1 Å². The molecule has 166 valence electrons. The third kappa shape index (κ3) is 4.11. The van der Waals surface area contributed by atoms with Gasteiger partial charge in [-0.05, 0) is 49.4 Å². The van der Waals surface area contributed by atoms with E-state index in [0.717, 1.165) is 37.6 Å². The van der Waals surface area contributed by atoms with Crippen LogP contribution in [0.4, 0.5) is 8.78 Å². The van der Waals surface area contributed by atoms with Crippen LogP contribution in [-0.4, -0.2) is 49.1 Å². The van der Waals surface area contributed by atoms with Crippen LogP contribution in [0.1, 0.15) is 35.6 Å². The summed E-state index contributed by atoms with van der Waals surface area (Å²) in [4.78, 5) is 14.6. The van der Waals surface area contributed by atoms with E-state index in [-0.39, 0.29) is 23.5 Å². The van der Waals surface area contributed by atoms with Gasteiger partial charge in [-0.3, -0.25) is 9.69 Å². The molecular weight excluding hydrogens is 418 g/mol. The fourth-order valence-corrected chi connectivity index (χ4v) is 5.64. The first kappa shape index (κ1) is 22.2. The zero-order valence-electron chi connectivity index (χ0n) is 17.9. The van der Waals surface area contributed by atoms with Crippen molar-refractivity contribution in [3.05, 3.63) is 70.8 Å². The lowest BCUT2D eigenvalue weighted by molar-refractivity contribution is -0.121. The van der Waals surface area contributed by atoms with E-state index in [0.29, 0.717) is 17.9 Å². The number of carbonyl (C=O) groups excluding carboxylic acids is 1. The molecule has 0 radical (unpaired) electrons. The average molecular weight is 447 g/mol. The van der Waals surface area contributed by atoms with Gasteiger partial charge in [-0.25, -0.2) is 8.78 Å². The first-order chi connectivity index (χ1) is 15.0.